The van der Waals surface area contributed by atoms with Gasteiger partial charge in [0.15, 0.2) is 0 Å². The fraction of sp³-hybridized carbons (Fsp3) is 0.375. The number of nitriles is 1. The number of anilines is 1. The van der Waals surface area contributed by atoms with Crippen molar-refractivity contribution < 1.29 is 26.3 Å². The highest BCUT2D eigenvalue weighted by molar-refractivity contribution is 7.94. The van der Waals surface area contributed by atoms with E-state index in [0.29, 0.717) is 6.42 Å². The maximum Gasteiger partial charge on any atom is 0.417 e. The minimum Gasteiger partial charge on any atom is -0.375 e. The molecule has 1 heterocycles. The van der Waals surface area contributed by atoms with Crippen molar-refractivity contribution in [2.24, 2.45) is 17.8 Å². The lowest BCUT2D eigenvalue weighted by Gasteiger charge is -2.34. The largest absolute Gasteiger partial charge is 0.417 e. The van der Waals surface area contributed by atoms with Crippen LogP contribution in [0.15, 0.2) is 60.7 Å². The van der Waals surface area contributed by atoms with E-state index in [2.05, 4.69) is 0 Å². The average molecular weight is 475 g/mol. The van der Waals surface area contributed by atoms with E-state index in [1.807, 2.05) is 42.5 Å². The summed E-state index contributed by atoms with van der Waals surface area (Å²) in [5, 5.41) is 9.08. The molecule has 2 fully saturated rings. The number of alkyl halides is 3. The molecule has 2 aliphatic carbocycles. The highest BCUT2D eigenvalue weighted by Crippen LogP contribution is 2.60. The first-order valence-electron chi connectivity index (χ1n) is 10.6. The van der Waals surface area contributed by atoms with Gasteiger partial charge in [-0.1, -0.05) is 42.5 Å². The summed E-state index contributed by atoms with van der Waals surface area (Å²) in [5.41, 5.74) is -0.827. The van der Waals surface area contributed by atoms with Crippen LogP contribution in [0.25, 0.3) is 0 Å². The molecule has 9 heteroatoms. The molecule has 0 N–H and O–H groups in total. The highest BCUT2D eigenvalue weighted by atomic mass is 32.2. The van der Waals surface area contributed by atoms with Gasteiger partial charge in [0, 0.05) is 18.4 Å². The summed E-state index contributed by atoms with van der Waals surface area (Å²) < 4.78 is 74.2. The lowest BCUT2D eigenvalue weighted by molar-refractivity contribution is -0.137. The number of rotatable bonds is 5. The molecule has 0 radical (unpaired) electrons. The number of sulfonamides is 1. The van der Waals surface area contributed by atoms with Crippen molar-refractivity contribution in [2.75, 3.05) is 17.5 Å². The van der Waals surface area contributed by atoms with Gasteiger partial charge in [-0.2, -0.15) is 18.4 Å². The van der Waals surface area contributed by atoms with Crippen LogP contribution in [0.4, 0.5) is 18.9 Å². The van der Waals surface area contributed by atoms with Crippen molar-refractivity contribution in [1.29, 1.82) is 5.26 Å². The van der Waals surface area contributed by atoms with Crippen LogP contribution in [0.5, 0.6) is 0 Å². The summed E-state index contributed by atoms with van der Waals surface area (Å²) in [6, 6.07) is 14.0. The molecular weight excluding hydrogens is 453 g/mol. The van der Waals surface area contributed by atoms with Crippen LogP contribution in [0, 0.1) is 29.1 Å². The normalized spacial score (nSPS) is 29.3. The summed E-state index contributed by atoms with van der Waals surface area (Å²) in [4.78, 5) is 0. The minimum atomic E-state index is -4.77. The van der Waals surface area contributed by atoms with Crippen LogP contribution in [0.1, 0.15) is 23.1 Å². The SMILES string of the molecule is N#Cc1ccc(N2C[C@H]3[C@H]4C=C[C@@H](C4)[C@@]3(COCc3ccccc3)S2(=O)=O)cc1C(F)(F)F. The van der Waals surface area contributed by atoms with Gasteiger partial charge in [-0.05, 0) is 36.1 Å². The molecule has 172 valence electrons. The Hall–Kier alpha value is -2.83. The van der Waals surface area contributed by atoms with Crippen LogP contribution in [0.3, 0.4) is 0 Å². The van der Waals surface area contributed by atoms with Crippen molar-refractivity contribution in [3.8, 4) is 6.07 Å². The van der Waals surface area contributed by atoms with Gasteiger partial charge in [0.1, 0.15) is 4.75 Å². The molecule has 5 rings (SSSR count). The topological polar surface area (TPSA) is 70.4 Å². The molecule has 1 saturated carbocycles. The zero-order chi connectivity index (χ0) is 23.4. The fourth-order valence-electron chi connectivity index (χ4n) is 5.63. The molecule has 33 heavy (non-hydrogen) atoms. The van der Waals surface area contributed by atoms with Crippen LogP contribution in [0.2, 0.25) is 0 Å². The third kappa shape index (κ3) is 3.27. The molecule has 0 amide bonds. The average Bonchev–Trinajstić information content (AvgIpc) is 3.44. The molecule has 3 aliphatic rings. The zero-order valence-corrected chi connectivity index (χ0v) is 18.3. The van der Waals surface area contributed by atoms with Gasteiger partial charge < -0.3 is 4.74 Å². The second kappa shape index (κ2) is 7.61. The van der Waals surface area contributed by atoms with Crippen LogP contribution < -0.4 is 4.31 Å². The molecule has 5 nitrogen and oxygen atoms in total. The van der Waals surface area contributed by atoms with E-state index < -0.39 is 32.1 Å². The molecule has 2 aromatic rings. The molecule has 0 spiro atoms. The van der Waals surface area contributed by atoms with E-state index in [1.165, 1.54) is 12.1 Å². The van der Waals surface area contributed by atoms with Gasteiger partial charge in [-0.3, -0.25) is 4.31 Å². The number of hydrogen-bond donors (Lipinski definition) is 0. The van der Waals surface area contributed by atoms with Gasteiger partial charge in [0.2, 0.25) is 10.0 Å². The lowest BCUT2D eigenvalue weighted by atomic mass is 9.82. The number of hydrogen-bond acceptors (Lipinski definition) is 4. The van der Waals surface area contributed by atoms with E-state index >= 15 is 0 Å². The van der Waals surface area contributed by atoms with Crippen molar-refractivity contribution in [2.45, 2.75) is 24.0 Å². The molecule has 2 aromatic carbocycles. The smallest absolute Gasteiger partial charge is 0.375 e. The third-order valence-electron chi connectivity index (χ3n) is 7.18. The van der Waals surface area contributed by atoms with Crippen LogP contribution >= 0.6 is 0 Å². The second-order valence-electron chi connectivity index (χ2n) is 8.81. The molecule has 0 unspecified atom stereocenters. The zero-order valence-electron chi connectivity index (χ0n) is 17.5. The maximum absolute atomic E-state index is 13.9. The highest BCUT2D eigenvalue weighted by Gasteiger charge is 2.69. The van der Waals surface area contributed by atoms with Crippen molar-refractivity contribution in [1.82, 2.24) is 0 Å². The number of nitrogens with zero attached hydrogens (tertiary/aromatic N) is 2. The van der Waals surface area contributed by atoms with Crippen molar-refractivity contribution >= 4 is 15.7 Å². The summed E-state index contributed by atoms with van der Waals surface area (Å²) in [5.74, 6) is -0.493. The quantitative estimate of drug-likeness (QED) is 0.598. The van der Waals surface area contributed by atoms with E-state index in [4.69, 9.17) is 10.00 Å². The Balaban J connectivity index is 1.50. The summed E-state index contributed by atoms with van der Waals surface area (Å²) >= 11 is 0. The van der Waals surface area contributed by atoms with Gasteiger partial charge in [-0.25, -0.2) is 8.42 Å². The number of halogens is 3. The Bertz CT molecular complexity index is 1250. The third-order valence-corrected chi connectivity index (χ3v) is 9.80. The van der Waals surface area contributed by atoms with Crippen molar-refractivity contribution in [3.05, 3.63) is 77.4 Å². The van der Waals surface area contributed by atoms with E-state index in [9.17, 15) is 21.6 Å². The van der Waals surface area contributed by atoms with E-state index in [1.54, 1.807) is 0 Å². The van der Waals surface area contributed by atoms with Gasteiger partial charge in [0.25, 0.3) is 0 Å². The molecule has 4 atom stereocenters. The second-order valence-corrected chi connectivity index (χ2v) is 11.0. The first kappa shape index (κ1) is 22.0. The molecule has 0 aromatic heterocycles. The molecule has 2 bridgehead atoms. The standard InChI is InChI=1S/C24H21F3N2O3S/c25-24(26,27)21-11-20(9-7-18(21)12-28)29-13-22-17-6-8-19(10-17)23(22,33(29,30)31)15-32-14-16-4-2-1-3-5-16/h1-9,11,17,19,22H,10,13-15H2/t17-,19-,22-,23+/m0/s1. The summed E-state index contributed by atoms with van der Waals surface area (Å²) in [7, 11) is -4.04. The molecule has 1 aliphatic heterocycles. The van der Waals surface area contributed by atoms with Crippen molar-refractivity contribution in [3.63, 3.8) is 0 Å². The first-order valence-corrected chi connectivity index (χ1v) is 12.1. The number of benzene rings is 2. The number of allylic oxidation sites excluding steroid dienone is 2. The van der Waals surface area contributed by atoms with Crippen LogP contribution in [-0.4, -0.2) is 26.3 Å². The Morgan fingerprint density at radius 2 is 1.91 bits per heavy atom. The predicted octanol–water partition coefficient (Wildman–Crippen LogP) is 4.50. The monoisotopic (exact) mass is 474 g/mol. The number of ether oxygens (including phenoxy) is 1. The molecule has 1 saturated heterocycles. The lowest BCUT2D eigenvalue weighted by Crippen LogP contribution is -2.50. The van der Waals surface area contributed by atoms with Crippen LogP contribution in [-0.2, 0) is 27.5 Å². The van der Waals surface area contributed by atoms with Gasteiger partial charge in [-0.15, -0.1) is 0 Å². The Kier molecular flexibility index (Phi) is 5.07. The summed E-state index contributed by atoms with van der Waals surface area (Å²) in [6.07, 6.45) is -0.136. The Morgan fingerprint density at radius 1 is 1.15 bits per heavy atom. The summed E-state index contributed by atoms with van der Waals surface area (Å²) in [6.45, 7) is 0.312. The fourth-order valence-corrected chi connectivity index (χ4v) is 8.21. The van der Waals surface area contributed by atoms with Gasteiger partial charge in [0.05, 0.1) is 36.1 Å². The predicted molar refractivity (Wildman–Crippen MR) is 115 cm³/mol. The van der Waals surface area contributed by atoms with E-state index in [0.717, 1.165) is 22.0 Å². The molecular formula is C24H21F3N2O3S. The Labute approximate surface area is 190 Å². The maximum atomic E-state index is 13.9. The number of fused-ring (bicyclic) bond motifs is 5. The minimum absolute atomic E-state index is 0.0285. The van der Waals surface area contributed by atoms with Gasteiger partial charge >= 0.3 is 6.18 Å². The Morgan fingerprint density at radius 3 is 2.61 bits per heavy atom. The van der Waals surface area contributed by atoms with E-state index in [-0.39, 0.29) is 43.2 Å². The first-order chi connectivity index (χ1) is 15.7.